The SMILES string of the molecule is CCC(CC)CN1CC(CN)OCC1C. The molecule has 15 heavy (non-hydrogen) atoms. The summed E-state index contributed by atoms with van der Waals surface area (Å²) in [4.78, 5) is 2.54. The van der Waals surface area contributed by atoms with E-state index in [1.165, 1.54) is 19.4 Å². The van der Waals surface area contributed by atoms with Gasteiger partial charge in [-0.1, -0.05) is 26.7 Å². The van der Waals surface area contributed by atoms with Gasteiger partial charge in [-0.15, -0.1) is 0 Å². The van der Waals surface area contributed by atoms with E-state index >= 15 is 0 Å². The molecule has 1 saturated heterocycles. The van der Waals surface area contributed by atoms with Crippen molar-refractivity contribution in [1.82, 2.24) is 4.90 Å². The van der Waals surface area contributed by atoms with Gasteiger partial charge in [0.15, 0.2) is 0 Å². The van der Waals surface area contributed by atoms with Gasteiger partial charge in [-0.3, -0.25) is 4.90 Å². The summed E-state index contributed by atoms with van der Waals surface area (Å²) in [7, 11) is 0. The lowest BCUT2D eigenvalue weighted by atomic mass is 10.0. The largest absolute Gasteiger partial charge is 0.374 e. The first-order valence-corrected chi connectivity index (χ1v) is 6.26. The lowest BCUT2D eigenvalue weighted by Gasteiger charge is -2.39. The highest BCUT2D eigenvalue weighted by molar-refractivity contribution is 4.79. The quantitative estimate of drug-likeness (QED) is 0.753. The van der Waals surface area contributed by atoms with Crippen molar-refractivity contribution in [2.24, 2.45) is 11.7 Å². The van der Waals surface area contributed by atoms with Crippen LogP contribution in [0, 0.1) is 5.92 Å². The molecular formula is C12H26N2O. The Hall–Kier alpha value is -0.120. The van der Waals surface area contributed by atoms with Crippen LogP contribution in [0.5, 0.6) is 0 Å². The van der Waals surface area contributed by atoms with Crippen LogP contribution in [0.25, 0.3) is 0 Å². The number of hydrogen-bond donors (Lipinski definition) is 1. The molecule has 1 aliphatic heterocycles. The Morgan fingerprint density at radius 3 is 2.60 bits per heavy atom. The molecule has 2 unspecified atom stereocenters. The first-order chi connectivity index (χ1) is 7.21. The molecule has 0 bridgehead atoms. The summed E-state index contributed by atoms with van der Waals surface area (Å²) in [5.74, 6) is 0.823. The normalized spacial score (nSPS) is 28.6. The molecule has 2 N–H and O–H groups in total. The van der Waals surface area contributed by atoms with Crippen molar-refractivity contribution in [2.45, 2.75) is 45.8 Å². The van der Waals surface area contributed by atoms with Crippen molar-refractivity contribution in [1.29, 1.82) is 0 Å². The van der Waals surface area contributed by atoms with E-state index in [4.69, 9.17) is 10.5 Å². The van der Waals surface area contributed by atoms with E-state index in [0.29, 0.717) is 12.6 Å². The predicted molar refractivity (Wildman–Crippen MR) is 63.9 cm³/mol. The Morgan fingerprint density at radius 1 is 1.40 bits per heavy atom. The third kappa shape index (κ3) is 3.74. The lowest BCUT2D eigenvalue weighted by Crippen LogP contribution is -2.51. The molecule has 3 heteroatoms. The minimum Gasteiger partial charge on any atom is -0.374 e. The summed E-state index contributed by atoms with van der Waals surface area (Å²) in [6.07, 6.45) is 2.79. The lowest BCUT2D eigenvalue weighted by molar-refractivity contribution is -0.0584. The molecular weight excluding hydrogens is 188 g/mol. The third-order valence-corrected chi connectivity index (χ3v) is 3.54. The van der Waals surface area contributed by atoms with E-state index in [2.05, 4.69) is 25.7 Å². The van der Waals surface area contributed by atoms with Crippen LogP contribution in [-0.2, 0) is 4.74 Å². The van der Waals surface area contributed by atoms with Gasteiger partial charge in [-0.05, 0) is 12.8 Å². The van der Waals surface area contributed by atoms with Crippen LogP contribution in [0.15, 0.2) is 0 Å². The van der Waals surface area contributed by atoms with Crippen LogP contribution in [-0.4, -0.2) is 43.3 Å². The zero-order valence-electron chi connectivity index (χ0n) is 10.4. The van der Waals surface area contributed by atoms with Gasteiger partial charge in [0.25, 0.3) is 0 Å². The van der Waals surface area contributed by atoms with Gasteiger partial charge in [0, 0.05) is 25.7 Å². The van der Waals surface area contributed by atoms with E-state index in [-0.39, 0.29) is 6.10 Å². The third-order valence-electron chi connectivity index (χ3n) is 3.54. The van der Waals surface area contributed by atoms with Crippen molar-refractivity contribution < 1.29 is 4.74 Å². The maximum absolute atomic E-state index is 5.66. The zero-order chi connectivity index (χ0) is 11.3. The van der Waals surface area contributed by atoms with E-state index in [9.17, 15) is 0 Å². The molecule has 2 atom stereocenters. The Balaban J connectivity index is 2.43. The molecule has 1 fully saturated rings. The highest BCUT2D eigenvalue weighted by Gasteiger charge is 2.26. The van der Waals surface area contributed by atoms with Crippen LogP contribution < -0.4 is 5.73 Å². The van der Waals surface area contributed by atoms with Crippen molar-refractivity contribution in [3.63, 3.8) is 0 Å². The van der Waals surface area contributed by atoms with Gasteiger partial charge in [0.05, 0.1) is 12.7 Å². The monoisotopic (exact) mass is 214 g/mol. The second-order valence-corrected chi connectivity index (χ2v) is 4.68. The number of morpholine rings is 1. The fraction of sp³-hybridized carbons (Fsp3) is 1.00. The number of nitrogens with two attached hydrogens (primary N) is 1. The summed E-state index contributed by atoms with van der Waals surface area (Å²) in [5, 5.41) is 0. The summed E-state index contributed by atoms with van der Waals surface area (Å²) >= 11 is 0. The summed E-state index contributed by atoms with van der Waals surface area (Å²) in [6.45, 7) is 10.5. The Morgan fingerprint density at radius 2 is 2.07 bits per heavy atom. The van der Waals surface area contributed by atoms with Gasteiger partial charge in [0.1, 0.15) is 0 Å². The molecule has 3 nitrogen and oxygen atoms in total. The van der Waals surface area contributed by atoms with Crippen LogP contribution in [0.4, 0.5) is 0 Å². The second kappa shape index (κ2) is 6.46. The summed E-state index contributed by atoms with van der Waals surface area (Å²) in [6, 6.07) is 0.549. The zero-order valence-corrected chi connectivity index (χ0v) is 10.4. The molecule has 0 aliphatic carbocycles. The van der Waals surface area contributed by atoms with Gasteiger partial charge in [0.2, 0.25) is 0 Å². The van der Waals surface area contributed by atoms with Crippen molar-refractivity contribution in [3.05, 3.63) is 0 Å². The molecule has 1 heterocycles. The molecule has 0 radical (unpaired) electrons. The van der Waals surface area contributed by atoms with Gasteiger partial charge in [-0.2, -0.15) is 0 Å². The highest BCUT2D eigenvalue weighted by Crippen LogP contribution is 2.16. The van der Waals surface area contributed by atoms with Crippen LogP contribution in [0.3, 0.4) is 0 Å². The molecule has 0 spiro atoms. The minimum absolute atomic E-state index is 0.246. The molecule has 0 aromatic rings. The molecule has 0 saturated carbocycles. The molecule has 1 aliphatic rings. The van der Waals surface area contributed by atoms with E-state index in [0.717, 1.165) is 19.1 Å². The van der Waals surface area contributed by atoms with Gasteiger partial charge in [-0.25, -0.2) is 0 Å². The Labute approximate surface area is 94.0 Å². The van der Waals surface area contributed by atoms with Crippen LogP contribution in [0.1, 0.15) is 33.6 Å². The number of nitrogens with zero attached hydrogens (tertiary/aromatic N) is 1. The highest BCUT2D eigenvalue weighted by atomic mass is 16.5. The van der Waals surface area contributed by atoms with Crippen molar-refractivity contribution in [2.75, 3.05) is 26.2 Å². The van der Waals surface area contributed by atoms with Crippen LogP contribution in [0.2, 0.25) is 0 Å². The van der Waals surface area contributed by atoms with E-state index in [1.54, 1.807) is 0 Å². The molecule has 1 rings (SSSR count). The van der Waals surface area contributed by atoms with Gasteiger partial charge >= 0.3 is 0 Å². The topological polar surface area (TPSA) is 38.5 Å². The fourth-order valence-electron chi connectivity index (χ4n) is 2.15. The standard InChI is InChI=1S/C12H26N2O/c1-4-11(5-2)7-14-8-12(6-13)15-9-10(14)3/h10-12H,4-9,13H2,1-3H3. The maximum atomic E-state index is 5.66. The first-order valence-electron chi connectivity index (χ1n) is 6.26. The molecule has 0 aromatic heterocycles. The van der Waals surface area contributed by atoms with Crippen molar-refractivity contribution >= 4 is 0 Å². The predicted octanol–water partition coefficient (Wildman–Crippen LogP) is 1.47. The number of hydrogen-bond acceptors (Lipinski definition) is 3. The molecule has 0 amide bonds. The van der Waals surface area contributed by atoms with E-state index in [1.807, 2.05) is 0 Å². The first kappa shape index (κ1) is 12.9. The van der Waals surface area contributed by atoms with Crippen LogP contribution >= 0.6 is 0 Å². The minimum atomic E-state index is 0.246. The molecule has 0 aromatic carbocycles. The van der Waals surface area contributed by atoms with Crippen molar-refractivity contribution in [3.8, 4) is 0 Å². The second-order valence-electron chi connectivity index (χ2n) is 4.68. The van der Waals surface area contributed by atoms with Gasteiger partial charge < -0.3 is 10.5 Å². The summed E-state index contributed by atoms with van der Waals surface area (Å²) in [5.41, 5.74) is 5.66. The maximum Gasteiger partial charge on any atom is 0.0824 e. The average molecular weight is 214 g/mol. The summed E-state index contributed by atoms with van der Waals surface area (Å²) < 4.78 is 5.65. The van der Waals surface area contributed by atoms with E-state index < -0.39 is 0 Å². The smallest absolute Gasteiger partial charge is 0.0824 e. The fourth-order valence-corrected chi connectivity index (χ4v) is 2.15. The Bertz CT molecular complexity index is 171. The number of ether oxygens (including phenoxy) is 1. The Kier molecular flexibility index (Phi) is 5.58. The average Bonchev–Trinajstić information content (AvgIpc) is 2.28. The number of rotatable bonds is 5. The molecule has 90 valence electrons.